The van der Waals surface area contributed by atoms with Crippen molar-refractivity contribution in [1.82, 2.24) is 0 Å². The average molecular weight is 223 g/mol. The summed E-state index contributed by atoms with van der Waals surface area (Å²) >= 11 is 2.91. The Kier molecular flexibility index (Phi) is 3.38. The van der Waals surface area contributed by atoms with Crippen LogP contribution >= 0.6 is 15.9 Å². The van der Waals surface area contributed by atoms with E-state index in [0.29, 0.717) is 0 Å². The molecule has 0 radical (unpaired) electrons. The molecule has 2 heteroatoms. The van der Waals surface area contributed by atoms with Crippen LogP contribution < -0.4 is 0 Å². The zero-order chi connectivity index (χ0) is 8.81. The van der Waals surface area contributed by atoms with E-state index in [-0.39, 0.29) is 5.82 Å². The van der Waals surface area contributed by atoms with Gasteiger partial charge >= 0.3 is 0 Å². The molecule has 0 nitrogen and oxygen atoms in total. The number of hydrogen-bond acceptors (Lipinski definition) is 0. The van der Waals surface area contributed by atoms with Gasteiger partial charge in [-0.1, -0.05) is 5.92 Å². The minimum atomic E-state index is -0.257. The summed E-state index contributed by atoms with van der Waals surface area (Å²) in [5.41, 5.74) is 0.756. The van der Waals surface area contributed by atoms with Crippen molar-refractivity contribution in [1.29, 1.82) is 0 Å². The highest BCUT2D eigenvalue weighted by Crippen LogP contribution is 1.99. The zero-order valence-electron chi connectivity index (χ0n) is 6.07. The second kappa shape index (κ2) is 4.59. The molecule has 0 bridgehead atoms. The molecule has 58 valence electrons. The monoisotopic (exact) mass is 222 g/mol. The summed E-state index contributed by atoms with van der Waals surface area (Å²) in [6.07, 6.45) is 0. The van der Waals surface area contributed by atoms with Crippen LogP contribution in [0.4, 0.5) is 4.39 Å². The van der Waals surface area contributed by atoms with E-state index in [1.165, 1.54) is 12.1 Å². The highest BCUT2D eigenvalue weighted by molar-refractivity contribution is 9.12. The molecule has 0 aliphatic heterocycles. The Morgan fingerprint density at radius 1 is 1.08 bits per heavy atom. The standard InChI is InChI=1S/C10H4BrF/c11-8-2-1-3-9-4-6-10(12)7-5-9/h4-7H. The summed E-state index contributed by atoms with van der Waals surface area (Å²) in [5.74, 6) is 7.61. The Balaban J connectivity index is 2.84. The Morgan fingerprint density at radius 2 is 1.75 bits per heavy atom. The normalized spacial score (nSPS) is 7.50. The minimum absolute atomic E-state index is 0.257. The number of benzene rings is 1. The number of hydrogen-bond donors (Lipinski definition) is 0. The quantitative estimate of drug-likeness (QED) is 0.593. The van der Waals surface area contributed by atoms with Crippen molar-refractivity contribution in [2.24, 2.45) is 0 Å². The van der Waals surface area contributed by atoms with E-state index in [1.807, 2.05) is 0 Å². The van der Waals surface area contributed by atoms with Gasteiger partial charge in [0.05, 0.1) is 0 Å². The van der Waals surface area contributed by atoms with Crippen LogP contribution in [0.1, 0.15) is 5.56 Å². The van der Waals surface area contributed by atoms with E-state index in [0.717, 1.165) is 5.56 Å². The Labute approximate surface area is 78.9 Å². The molecular weight excluding hydrogens is 219 g/mol. The molecule has 0 amide bonds. The molecule has 0 aliphatic carbocycles. The third-order valence-corrected chi connectivity index (χ3v) is 1.36. The Bertz CT molecular complexity index is 370. The van der Waals surface area contributed by atoms with Crippen molar-refractivity contribution in [3.63, 3.8) is 0 Å². The second-order valence-corrected chi connectivity index (χ2v) is 2.37. The van der Waals surface area contributed by atoms with Gasteiger partial charge < -0.3 is 0 Å². The van der Waals surface area contributed by atoms with Gasteiger partial charge in [-0.15, -0.1) is 0 Å². The van der Waals surface area contributed by atoms with Crippen molar-refractivity contribution in [2.45, 2.75) is 0 Å². The van der Waals surface area contributed by atoms with E-state index >= 15 is 0 Å². The fourth-order valence-electron chi connectivity index (χ4n) is 0.660. The van der Waals surface area contributed by atoms with Gasteiger partial charge in [0.15, 0.2) is 0 Å². The summed E-state index contributed by atoms with van der Waals surface area (Å²) in [4.78, 5) is 2.46. The van der Waals surface area contributed by atoms with E-state index in [9.17, 15) is 4.39 Å². The average Bonchev–Trinajstić information content (AvgIpc) is 2.09. The van der Waals surface area contributed by atoms with Crippen LogP contribution in [0.5, 0.6) is 0 Å². The second-order valence-electron chi connectivity index (χ2n) is 1.98. The molecule has 0 N–H and O–H groups in total. The van der Waals surface area contributed by atoms with Gasteiger partial charge in [0.2, 0.25) is 0 Å². The summed E-state index contributed by atoms with van der Waals surface area (Å²) in [6.45, 7) is 0. The molecule has 12 heavy (non-hydrogen) atoms. The fraction of sp³-hybridized carbons (Fsp3) is 0. The highest BCUT2D eigenvalue weighted by Gasteiger charge is 1.86. The molecule has 0 aromatic heterocycles. The zero-order valence-corrected chi connectivity index (χ0v) is 7.65. The van der Waals surface area contributed by atoms with Gasteiger partial charge in [-0.2, -0.15) is 0 Å². The van der Waals surface area contributed by atoms with E-state index in [4.69, 9.17) is 0 Å². The van der Waals surface area contributed by atoms with Gasteiger partial charge in [-0.3, -0.25) is 0 Å². The van der Waals surface area contributed by atoms with Crippen molar-refractivity contribution >= 4 is 15.9 Å². The predicted octanol–water partition coefficient (Wildman–Crippen LogP) is 2.53. The lowest BCUT2D eigenvalue weighted by atomic mass is 10.2. The molecule has 0 saturated heterocycles. The van der Waals surface area contributed by atoms with Gasteiger partial charge in [0.1, 0.15) is 5.82 Å². The molecule has 0 heterocycles. The maximum Gasteiger partial charge on any atom is 0.123 e. The van der Waals surface area contributed by atoms with E-state index in [1.54, 1.807) is 12.1 Å². The Hall–Kier alpha value is -1.25. The molecule has 0 spiro atoms. The van der Waals surface area contributed by atoms with E-state index < -0.39 is 0 Å². The van der Waals surface area contributed by atoms with Crippen LogP contribution in [0, 0.1) is 28.4 Å². The van der Waals surface area contributed by atoms with Crippen LogP contribution in [0.3, 0.4) is 0 Å². The maximum absolute atomic E-state index is 12.4. The summed E-state index contributed by atoms with van der Waals surface area (Å²) in [5, 5.41) is 0. The maximum atomic E-state index is 12.4. The SMILES string of the molecule is Fc1ccc(C#CC#CBr)cc1. The lowest BCUT2D eigenvalue weighted by molar-refractivity contribution is 0.627. The van der Waals surface area contributed by atoms with Crippen LogP contribution in [0.25, 0.3) is 0 Å². The lowest BCUT2D eigenvalue weighted by Gasteiger charge is -1.87. The molecule has 0 unspecified atom stereocenters. The lowest BCUT2D eigenvalue weighted by Crippen LogP contribution is -1.74. The molecule has 0 saturated carbocycles. The minimum Gasteiger partial charge on any atom is -0.207 e. The van der Waals surface area contributed by atoms with Crippen molar-refractivity contribution in [3.05, 3.63) is 35.6 Å². The topological polar surface area (TPSA) is 0 Å². The smallest absolute Gasteiger partial charge is 0.123 e. The van der Waals surface area contributed by atoms with Crippen LogP contribution in [0.15, 0.2) is 24.3 Å². The largest absolute Gasteiger partial charge is 0.207 e. The molecule has 0 aliphatic rings. The van der Waals surface area contributed by atoms with Crippen molar-refractivity contribution in [2.75, 3.05) is 0 Å². The van der Waals surface area contributed by atoms with Crippen molar-refractivity contribution in [3.8, 4) is 22.6 Å². The first kappa shape index (κ1) is 8.84. The van der Waals surface area contributed by atoms with Crippen LogP contribution in [-0.4, -0.2) is 0 Å². The summed E-state index contributed by atoms with van der Waals surface area (Å²) in [6, 6.07) is 5.95. The number of halogens is 2. The molecule has 1 aromatic rings. The Morgan fingerprint density at radius 3 is 2.33 bits per heavy atom. The number of rotatable bonds is 0. The molecule has 1 rings (SSSR count). The first-order valence-corrected chi connectivity index (χ1v) is 3.99. The van der Waals surface area contributed by atoms with Gasteiger partial charge in [-0.25, -0.2) is 4.39 Å². The van der Waals surface area contributed by atoms with Crippen molar-refractivity contribution < 1.29 is 4.39 Å². The summed E-state index contributed by atoms with van der Waals surface area (Å²) < 4.78 is 12.4. The van der Waals surface area contributed by atoms with E-state index in [2.05, 4.69) is 38.5 Å². The van der Waals surface area contributed by atoms with Crippen LogP contribution in [-0.2, 0) is 0 Å². The first-order valence-electron chi connectivity index (χ1n) is 3.20. The highest BCUT2D eigenvalue weighted by atomic mass is 79.9. The molecule has 0 fully saturated rings. The summed E-state index contributed by atoms with van der Waals surface area (Å²) in [7, 11) is 0. The van der Waals surface area contributed by atoms with Gasteiger partial charge in [-0.05, 0) is 40.9 Å². The fourth-order valence-corrected chi connectivity index (χ4v) is 0.759. The molecule has 0 atom stereocenters. The van der Waals surface area contributed by atoms with Gasteiger partial charge in [0.25, 0.3) is 0 Å². The first-order chi connectivity index (χ1) is 5.83. The van der Waals surface area contributed by atoms with Gasteiger partial charge in [0, 0.05) is 21.5 Å². The third-order valence-electron chi connectivity index (χ3n) is 1.16. The predicted molar refractivity (Wildman–Crippen MR) is 50.0 cm³/mol. The molecular formula is C10H4BrF. The third kappa shape index (κ3) is 2.78. The van der Waals surface area contributed by atoms with Crippen LogP contribution in [0.2, 0.25) is 0 Å². The molecule has 1 aromatic carbocycles.